The van der Waals surface area contributed by atoms with Gasteiger partial charge in [0.2, 0.25) is 5.91 Å². The molecule has 0 saturated carbocycles. The van der Waals surface area contributed by atoms with Crippen LogP contribution < -0.4 is 5.32 Å². The number of hydrogen-bond donors (Lipinski definition) is 2. The van der Waals surface area contributed by atoms with Crippen molar-refractivity contribution in [3.8, 4) is 0 Å². The van der Waals surface area contributed by atoms with Crippen molar-refractivity contribution in [2.75, 3.05) is 18.1 Å². The molecule has 1 heterocycles. The third-order valence-electron chi connectivity index (χ3n) is 3.97. The van der Waals surface area contributed by atoms with Gasteiger partial charge < -0.3 is 10.4 Å². The Morgan fingerprint density at radius 1 is 1.43 bits per heavy atom. The first-order chi connectivity index (χ1) is 10.0. The molecule has 0 aromatic heterocycles. The highest BCUT2D eigenvalue weighted by Gasteiger charge is 2.30. The molecule has 0 spiro atoms. The summed E-state index contributed by atoms with van der Waals surface area (Å²) in [5.41, 5.74) is -0.220. The first-order valence-electron chi connectivity index (χ1n) is 7.31. The van der Waals surface area contributed by atoms with Crippen LogP contribution in [0.1, 0.15) is 37.7 Å². The van der Waals surface area contributed by atoms with Gasteiger partial charge in [0.1, 0.15) is 5.82 Å². The lowest BCUT2D eigenvalue weighted by atomic mass is 9.95. The number of thioether (sulfide) groups is 1. The molecule has 1 amide bonds. The van der Waals surface area contributed by atoms with E-state index in [1.54, 1.807) is 18.2 Å². The molecular formula is C16H22FNO2S. The number of carbonyl (C=O) groups excluding carboxylic acids is 1. The van der Waals surface area contributed by atoms with Crippen LogP contribution in [-0.4, -0.2) is 34.7 Å². The third-order valence-corrected chi connectivity index (χ3v) is 4.95. The number of carbonyl (C=O) groups is 1. The molecule has 1 atom stereocenters. The Labute approximate surface area is 129 Å². The molecule has 0 aliphatic carbocycles. The van der Waals surface area contributed by atoms with Crippen molar-refractivity contribution < 1.29 is 14.3 Å². The topological polar surface area (TPSA) is 49.3 Å². The van der Waals surface area contributed by atoms with E-state index >= 15 is 0 Å². The Bertz CT molecular complexity index is 489. The summed E-state index contributed by atoms with van der Waals surface area (Å²) in [5.74, 6) is 1.26. The van der Waals surface area contributed by atoms with E-state index in [-0.39, 0.29) is 30.6 Å². The van der Waals surface area contributed by atoms with E-state index in [9.17, 15) is 14.3 Å². The Balaban J connectivity index is 1.83. The highest BCUT2D eigenvalue weighted by molar-refractivity contribution is 7.99. The second-order valence-electron chi connectivity index (χ2n) is 5.74. The normalized spacial score (nSPS) is 19.0. The van der Waals surface area contributed by atoms with Crippen molar-refractivity contribution in [3.05, 3.63) is 35.6 Å². The lowest BCUT2D eigenvalue weighted by Gasteiger charge is -2.32. The number of hydrogen-bond acceptors (Lipinski definition) is 3. The molecule has 1 fully saturated rings. The summed E-state index contributed by atoms with van der Waals surface area (Å²) in [5, 5.41) is 13.1. The van der Waals surface area contributed by atoms with Gasteiger partial charge in [-0.3, -0.25) is 4.79 Å². The average Bonchev–Trinajstić information content (AvgIpc) is 2.46. The van der Waals surface area contributed by atoms with Crippen LogP contribution in [0.3, 0.4) is 0 Å². The SMILES string of the molecule is CC(CC(=O)NCC1(O)CCSCC1)c1ccccc1F. The van der Waals surface area contributed by atoms with Crippen LogP contribution in [0.5, 0.6) is 0 Å². The fourth-order valence-corrected chi connectivity index (χ4v) is 3.78. The van der Waals surface area contributed by atoms with Crippen molar-refractivity contribution in [3.63, 3.8) is 0 Å². The predicted molar refractivity (Wildman–Crippen MR) is 84.0 cm³/mol. The quantitative estimate of drug-likeness (QED) is 0.879. The van der Waals surface area contributed by atoms with Crippen LogP contribution in [0.4, 0.5) is 4.39 Å². The summed E-state index contributed by atoms with van der Waals surface area (Å²) < 4.78 is 13.7. The van der Waals surface area contributed by atoms with Crippen molar-refractivity contribution in [1.29, 1.82) is 0 Å². The maximum absolute atomic E-state index is 13.7. The van der Waals surface area contributed by atoms with Gasteiger partial charge in [0.25, 0.3) is 0 Å². The summed E-state index contributed by atoms with van der Waals surface area (Å²) in [6.45, 7) is 2.13. The number of benzene rings is 1. The van der Waals surface area contributed by atoms with Gasteiger partial charge in [-0.25, -0.2) is 4.39 Å². The van der Waals surface area contributed by atoms with Gasteiger partial charge in [-0.1, -0.05) is 25.1 Å². The first kappa shape index (κ1) is 16.3. The molecule has 2 rings (SSSR count). The molecule has 3 nitrogen and oxygen atoms in total. The van der Waals surface area contributed by atoms with Gasteiger partial charge in [0, 0.05) is 13.0 Å². The van der Waals surface area contributed by atoms with E-state index in [1.165, 1.54) is 6.07 Å². The molecule has 116 valence electrons. The van der Waals surface area contributed by atoms with Gasteiger partial charge in [0.15, 0.2) is 0 Å². The number of amides is 1. The van der Waals surface area contributed by atoms with Crippen molar-refractivity contribution in [2.24, 2.45) is 0 Å². The lowest BCUT2D eigenvalue weighted by Crippen LogP contribution is -2.45. The lowest BCUT2D eigenvalue weighted by molar-refractivity contribution is -0.122. The van der Waals surface area contributed by atoms with E-state index in [0.29, 0.717) is 18.4 Å². The highest BCUT2D eigenvalue weighted by atomic mass is 32.2. The second-order valence-corrected chi connectivity index (χ2v) is 6.96. The predicted octanol–water partition coefficient (Wildman–Crippen LogP) is 2.69. The first-order valence-corrected chi connectivity index (χ1v) is 8.47. The van der Waals surface area contributed by atoms with Crippen LogP contribution in [0.25, 0.3) is 0 Å². The van der Waals surface area contributed by atoms with Crippen molar-refractivity contribution >= 4 is 17.7 Å². The summed E-state index contributed by atoms with van der Waals surface area (Å²) in [4.78, 5) is 12.0. The van der Waals surface area contributed by atoms with E-state index in [0.717, 1.165) is 11.5 Å². The van der Waals surface area contributed by atoms with Crippen LogP contribution >= 0.6 is 11.8 Å². The largest absolute Gasteiger partial charge is 0.388 e. The molecule has 0 radical (unpaired) electrons. The molecule has 1 aliphatic heterocycles. The Hall–Kier alpha value is -1.07. The minimum absolute atomic E-state index is 0.141. The molecule has 1 aromatic carbocycles. The number of halogens is 1. The molecule has 5 heteroatoms. The van der Waals surface area contributed by atoms with Gasteiger partial charge in [-0.2, -0.15) is 11.8 Å². The van der Waals surface area contributed by atoms with Gasteiger partial charge in [-0.15, -0.1) is 0 Å². The summed E-state index contributed by atoms with van der Waals surface area (Å²) in [6, 6.07) is 6.53. The van der Waals surface area contributed by atoms with Crippen LogP contribution in [-0.2, 0) is 4.79 Å². The monoisotopic (exact) mass is 311 g/mol. The number of aliphatic hydroxyl groups is 1. The standard InChI is InChI=1S/C16H22FNO2S/c1-12(13-4-2-3-5-14(13)17)10-15(19)18-11-16(20)6-8-21-9-7-16/h2-5,12,20H,6-11H2,1H3,(H,18,19). The van der Waals surface area contributed by atoms with Gasteiger partial charge in [0.05, 0.1) is 5.60 Å². The smallest absolute Gasteiger partial charge is 0.220 e. The Morgan fingerprint density at radius 2 is 2.10 bits per heavy atom. The molecule has 21 heavy (non-hydrogen) atoms. The molecule has 1 saturated heterocycles. The summed E-state index contributed by atoms with van der Waals surface area (Å²) >= 11 is 1.83. The van der Waals surface area contributed by atoms with Crippen LogP contribution in [0.2, 0.25) is 0 Å². The van der Waals surface area contributed by atoms with Crippen LogP contribution in [0.15, 0.2) is 24.3 Å². The zero-order chi connectivity index (χ0) is 15.3. The average molecular weight is 311 g/mol. The highest BCUT2D eigenvalue weighted by Crippen LogP contribution is 2.26. The fraction of sp³-hybridized carbons (Fsp3) is 0.562. The minimum Gasteiger partial charge on any atom is -0.388 e. The van der Waals surface area contributed by atoms with E-state index in [2.05, 4.69) is 5.32 Å². The van der Waals surface area contributed by atoms with Gasteiger partial charge in [-0.05, 0) is 41.9 Å². The van der Waals surface area contributed by atoms with E-state index in [4.69, 9.17) is 0 Å². The number of rotatable bonds is 5. The third kappa shape index (κ3) is 4.71. The second kappa shape index (κ2) is 7.27. The summed E-state index contributed by atoms with van der Waals surface area (Å²) in [7, 11) is 0. The van der Waals surface area contributed by atoms with Gasteiger partial charge >= 0.3 is 0 Å². The molecule has 1 aliphatic rings. The molecule has 1 unspecified atom stereocenters. The Kier molecular flexibility index (Phi) is 5.65. The fourth-order valence-electron chi connectivity index (χ4n) is 2.53. The Morgan fingerprint density at radius 3 is 2.76 bits per heavy atom. The molecule has 2 N–H and O–H groups in total. The molecule has 1 aromatic rings. The molecule has 0 bridgehead atoms. The molecular weight excluding hydrogens is 289 g/mol. The minimum atomic E-state index is -0.776. The number of nitrogens with one attached hydrogen (secondary N) is 1. The van der Waals surface area contributed by atoms with Crippen LogP contribution in [0, 0.1) is 5.82 Å². The maximum atomic E-state index is 13.7. The maximum Gasteiger partial charge on any atom is 0.220 e. The zero-order valence-electron chi connectivity index (χ0n) is 12.3. The van der Waals surface area contributed by atoms with E-state index in [1.807, 2.05) is 18.7 Å². The summed E-state index contributed by atoms with van der Waals surface area (Å²) in [6.07, 6.45) is 1.65. The zero-order valence-corrected chi connectivity index (χ0v) is 13.1. The van der Waals surface area contributed by atoms with E-state index < -0.39 is 5.60 Å². The van der Waals surface area contributed by atoms with Crippen molar-refractivity contribution in [2.45, 2.75) is 37.7 Å². The van der Waals surface area contributed by atoms with Crippen molar-refractivity contribution in [1.82, 2.24) is 5.32 Å².